The van der Waals surface area contributed by atoms with Crippen molar-refractivity contribution >= 4 is 39.1 Å². The van der Waals surface area contributed by atoms with E-state index in [4.69, 9.17) is 16.3 Å². The maximum absolute atomic E-state index is 12.4. The van der Waals surface area contributed by atoms with Crippen LogP contribution in [0.25, 0.3) is 0 Å². The number of ether oxygens (including phenoxy) is 1. The predicted octanol–water partition coefficient (Wildman–Crippen LogP) is 3.94. The number of carbonyl (C=O) groups excluding carboxylic acids is 1. The van der Waals surface area contributed by atoms with Gasteiger partial charge in [-0.1, -0.05) is 27.5 Å². The maximum Gasteiger partial charge on any atom is 0.276 e. The summed E-state index contributed by atoms with van der Waals surface area (Å²) in [4.78, 5) is 12.4. The van der Waals surface area contributed by atoms with Crippen molar-refractivity contribution in [2.45, 2.75) is 20.6 Å². The predicted molar refractivity (Wildman–Crippen MR) is 103 cm³/mol. The quantitative estimate of drug-likeness (QED) is 0.655. The van der Waals surface area contributed by atoms with Crippen molar-refractivity contribution in [3.63, 3.8) is 0 Å². The fourth-order valence-electron chi connectivity index (χ4n) is 2.41. The van der Waals surface area contributed by atoms with Gasteiger partial charge in [0.05, 0.1) is 22.1 Å². The standard InChI is InChI=1S/C17H17BrClN5O2/c1-10-16(11(2)23(3)21-10)20-17(25)14-6-7-24(22-14)9-26-15-5-4-12(18)8-13(15)19/h4-8H,9H2,1-3H3,(H,20,25). The molecule has 0 spiro atoms. The molecule has 0 fully saturated rings. The second kappa shape index (κ2) is 7.51. The summed E-state index contributed by atoms with van der Waals surface area (Å²) in [6, 6.07) is 6.97. The van der Waals surface area contributed by atoms with Gasteiger partial charge in [0.2, 0.25) is 0 Å². The summed E-state index contributed by atoms with van der Waals surface area (Å²) in [5.74, 6) is 0.239. The molecular formula is C17H17BrClN5O2. The third-order valence-corrected chi connectivity index (χ3v) is 4.66. The van der Waals surface area contributed by atoms with E-state index < -0.39 is 0 Å². The molecular weight excluding hydrogens is 422 g/mol. The van der Waals surface area contributed by atoms with E-state index in [-0.39, 0.29) is 18.3 Å². The van der Waals surface area contributed by atoms with Gasteiger partial charge in [0.1, 0.15) is 5.75 Å². The van der Waals surface area contributed by atoms with Crippen LogP contribution in [0.2, 0.25) is 5.02 Å². The van der Waals surface area contributed by atoms with Gasteiger partial charge >= 0.3 is 0 Å². The van der Waals surface area contributed by atoms with Crippen molar-refractivity contribution in [1.29, 1.82) is 0 Å². The number of aryl methyl sites for hydroxylation is 2. The first-order valence-electron chi connectivity index (χ1n) is 7.78. The van der Waals surface area contributed by atoms with E-state index >= 15 is 0 Å². The molecule has 9 heteroatoms. The van der Waals surface area contributed by atoms with Gasteiger partial charge in [0.15, 0.2) is 12.4 Å². The zero-order valence-corrected chi connectivity index (χ0v) is 16.8. The van der Waals surface area contributed by atoms with Crippen LogP contribution in [0.4, 0.5) is 5.69 Å². The molecule has 2 heterocycles. The van der Waals surface area contributed by atoms with Crippen molar-refractivity contribution in [2.75, 3.05) is 5.32 Å². The van der Waals surface area contributed by atoms with E-state index in [1.807, 2.05) is 27.0 Å². The van der Waals surface area contributed by atoms with Gasteiger partial charge in [-0.3, -0.25) is 9.48 Å². The molecule has 1 N–H and O–H groups in total. The summed E-state index contributed by atoms with van der Waals surface area (Å²) in [6.45, 7) is 3.88. The zero-order chi connectivity index (χ0) is 18.8. The van der Waals surface area contributed by atoms with Gasteiger partial charge < -0.3 is 10.1 Å². The van der Waals surface area contributed by atoms with Crippen LogP contribution in [0.1, 0.15) is 21.9 Å². The topological polar surface area (TPSA) is 74.0 Å². The third-order valence-electron chi connectivity index (χ3n) is 3.87. The molecule has 0 unspecified atom stereocenters. The Morgan fingerprint density at radius 3 is 2.73 bits per heavy atom. The van der Waals surface area contributed by atoms with Gasteiger partial charge in [-0.15, -0.1) is 0 Å². The van der Waals surface area contributed by atoms with E-state index in [0.717, 1.165) is 15.9 Å². The molecule has 0 aliphatic heterocycles. The van der Waals surface area contributed by atoms with E-state index in [1.165, 1.54) is 4.68 Å². The van der Waals surface area contributed by atoms with Crippen LogP contribution in [0.15, 0.2) is 34.9 Å². The molecule has 0 radical (unpaired) electrons. The molecule has 0 aliphatic carbocycles. The van der Waals surface area contributed by atoms with E-state index in [0.29, 0.717) is 16.5 Å². The summed E-state index contributed by atoms with van der Waals surface area (Å²) < 4.78 is 9.75. The van der Waals surface area contributed by atoms with Crippen molar-refractivity contribution in [2.24, 2.45) is 7.05 Å². The van der Waals surface area contributed by atoms with E-state index in [9.17, 15) is 4.79 Å². The second-order valence-corrected chi connectivity index (χ2v) is 7.04. The summed E-state index contributed by atoms with van der Waals surface area (Å²) >= 11 is 9.46. The summed E-state index contributed by atoms with van der Waals surface area (Å²) in [5, 5.41) is 11.9. The number of amides is 1. The molecule has 136 valence electrons. The minimum Gasteiger partial charge on any atom is -0.470 e. The Labute approximate surface area is 164 Å². The Kier molecular flexibility index (Phi) is 5.33. The molecule has 0 aliphatic rings. The van der Waals surface area contributed by atoms with Crippen LogP contribution in [0.5, 0.6) is 5.75 Å². The van der Waals surface area contributed by atoms with Crippen LogP contribution in [0.3, 0.4) is 0 Å². The Morgan fingerprint density at radius 2 is 2.08 bits per heavy atom. The molecule has 3 aromatic rings. The smallest absolute Gasteiger partial charge is 0.276 e. The van der Waals surface area contributed by atoms with Crippen molar-refractivity contribution in [1.82, 2.24) is 19.6 Å². The van der Waals surface area contributed by atoms with Crippen LogP contribution < -0.4 is 10.1 Å². The molecule has 0 atom stereocenters. The number of nitrogens with zero attached hydrogens (tertiary/aromatic N) is 4. The van der Waals surface area contributed by atoms with E-state index in [2.05, 4.69) is 31.4 Å². The number of hydrogen-bond donors (Lipinski definition) is 1. The highest BCUT2D eigenvalue weighted by atomic mass is 79.9. The highest BCUT2D eigenvalue weighted by Gasteiger charge is 2.16. The van der Waals surface area contributed by atoms with Crippen LogP contribution in [-0.2, 0) is 13.8 Å². The fraction of sp³-hybridized carbons (Fsp3) is 0.235. The minimum absolute atomic E-state index is 0.138. The Balaban J connectivity index is 1.66. The highest BCUT2D eigenvalue weighted by molar-refractivity contribution is 9.10. The molecule has 7 nitrogen and oxygen atoms in total. The van der Waals surface area contributed by atoms with Crippen molar-refractivity contribution in [3.05, 3.63) is 57.0 Å². The number of hydrogen-bond acceptors (Lipinski definition) is 4. The van der Waals surface area contributed by atoms with Gasteiger partial charge in [-0.25, -0.2) is 4.68 Å². The molecule has 3 rings (SSSR count). The first-order chi connectivity index (χ1) is 12.3. The Morgan fingerprint density at radius 1 is 1.31 bits per heavy atom. The number of carbonyl (C=O) groups is 1. The van der Waals surface area contributed by atoms with Gasteiger partial charge in [0.25, 0.3) is 5.91 Å². The number of halogens is 2. The highest BCUT2D eigenvalue weighted by Crippen LogP contribution is 2.28. The minimum atomic E-state index is -0.301. The van der Waals surface area contributed by atoms with Gasteiger partial charge in [-0.05, 0) is 38.1 Å². The number of anilines is 1. The van der Waals surface area contributed by atoms with Crippen LogP contribution >= 0.6 is 27.5 Å². The molecule has 2 aromatic heterocycles. The molecule has 26 heavy (non-hydrogen) atoms. The summed E-state index contributed by atoms with van der Waals surface area (Å²) in [7, 11) is 1.83. The fourth-order valence-corrected chi connectivity index (χ4v) is 3.14. The average molecular weight is 439 g/mol. The third kappa shape index (κ3) is 3.91. The molecule has 1 aromatic carbocycles. The first-order valence-corrected chi connectivity index (χ1v) is 8.95. The number of benzene rings is 1. The number of nitrogens with one attached hydrogen (secondary N) is 1. The normalized spacial score (nSPS) is 10.8. The molecule has 1 amide bonds. The van der Waals surface area contributed by atoms with Crippen molar-refractivity contribution in [3.8, 4) is 5.75 Å². The van der Waals surface area contributed by atoms with Gasteiger partial charge in [0, 0.05) is 17.7 Å². The monoisotopic (exact) mass is 437 g/mol. The summed E-state index contributed by atoms with van der Waals surface area (Å²) in [6.07, 6.45) is 1.67. The number of rotatable bonds is 5. The lowest BCUT2D eigenvalue weighted by atomic mass is 10.3. The first kappa shape index (κ1) is 18.5. The lowest BCUT2D eigenvalue weighted by Crippen LogP contribution is -2.15. The molecule has 0 saturated heterocycles. The number of aromatic nitrogens is 4. The van der Waals surface area contributed by atoms with Gasteiger partial charge in [-0.2, -0.15) is 10.2 Å². The average Bonchev–Trinajstić information content (AvgIpc) is 3.15. The molecule has 0 saturated carbocycles. The Bertz CT molecular complexity index is 966. The summed E-state index contributed by atoms with van der Waals surface area (Å²) in [5.41, 5.74) is 2.62. The maximum atomic E-state index is 12.4. The zero-order valence-electron chi connectivity index (χ0n) is 14.5. The van der Waals surface area contributed by atoms with E-state index in [1.54, 1.807) is 29.1 Å². The second-order valence-electron chi connectivity index (χ2n) is 5.71. The van der Waals surface area contributed by atoms with Crippen molar-refractivity contribution < 1.29 is 9.53 Å². The van der Waals surface area contributed by atoms with Crippen LogP contribution in [0, 0.1) is 13.8 Å². The SMILES string of the molecule is Cc1nn(C)c(C)c1NC(=O)c1ccn(COc2ccc(Br)cc2Cl)n1. The van der Waals surface area contributed by atoms with Crippen LogP contribution in [-0.4, -0.2) is 25.5 Å². The lowest BCUT2D eigenvalue weighted by molar-refractivity contribution is 0.102. The Hall–Kier alpha value is -2.32. The largest absolute Gasteiger partial charge is 0.470 e. The molecule has 0 bridgehead atoms. The lowest BCUT2D eigenvalue weighted by Gasteiger charge is -2.08.